The summed E-state index contributed by atoms with van der Waals surface area (Å²) >= 11 is 0. The Morgan fingerprint density at radius 3 is 2.69 bits per heavy atom. The third-order valence-corrected chi connectivity index (χ3v) is 6.27. The lowest BCUT2D eigenvalue weighted by atomic mass is 10.3. The lowest BCUT2D eigenvalue weighted by Crippen LogP contribution is -2.31. The average molecular weight is 424 g/mol. The number of ether oxygens (including phenoxy) is 2. The van der Waals surface area contributed by atoms with E-state index in [4.69, 9.17) is 15.2 Å². The molecule has 0 unspecified atom stereocenters. The molecule has 1 atom stereocenters. The van der Waals surface area contributed by atoms with Gasteiger partial charge in [-0.05, 0) is 37.1 Å². The van der Waals surface area contributed by atoms with Gasteiger partial charge in [0, 0.05) is 6.54 Å². The first-order chi connectivity index (χ1) is 13.8. The van der Waals surface area contributed by atoms with Gasteiger partial charge in [-0.3, -0.25) is 4.79 Å². The molecule has 1 amide bonds. The number of nitrogens with zero attached hydrogens (tertiary/aromatic N) is 3. The summed E-state index contributed by atoms with van der Waals surface area (Å²) in [5.41, 5.74) is 5.25. The number of rotatable bonds is 8. The summed E-state index contributed by atoms with van der Waals surface area (Å²) in [6.45, 7) is 1.79. The average Bonchev–Trinajstić information content (AvgIpc) is 3.18. The molecule has 2 N–H and O–H groups in total. The van der Waals surface area contributed by atoms with Crippen molar-refractivity contribution in [1.82, 2.24) is 14.3 Å². The summed E-state index contributed by atoms with van der Waals surface area (Å²) in [7, 11) is -3.76. The van der Waals surface area contributed by atoms with E-state index in [-0.39, 0.29) is 36.2 Å². The third-order valence-electron chi connectivity index (χ3n) is 4.39. The second-order valence-corrected chi connectivity index (χ2v) is 8.35. The molecular weight excluding hydrogens is 403 g/mol. The largest absolute Gasteiger partial charge is 0.484 e. The summed E-state index contributed by atoms with van der Waals surface area (Å²) in [6, 6.07) is 5.67. The quantitative estimate of drug-likeness (QED) is 0.667. The second kappa shape index (κ2) is 8.70. The highest BCUT2D eigenvalue weighted by Crippen LogP contribution is 2.26. The van der Waals surface area contributed by atoms with E-state index < -0.39 is 27.9 Å². The predicted molar refractivity (Wildman–Crippen MR) is 100 cm³/mol. The number of hydrogen-bond donors (Lipinski definition) is 1. The lowest BCUT2D eigenvalue weighted by Gasteiger charge is -2.17. The Balaban J connectivity index is 1.66. The SMILES string of the molecule is CCc1ncnc(O[C@H]2CCN(S(=O)(=O)c3ccc(OCC(N)=O)cc3)C2)c1F. The molecular formula is C18H21FN4O5S. The molecule has 1 aliphatic rings. The van der Waals surface area contributed by atoms with E-state index in [0.717, 1.165) is 0 Å². The molecule has 1 aromatic carbocycles. The van der Waals surface area contributed by atoms with Gasteiger partial charge in [0.05, 0.1) is 17.1 Å². The highest BCUT2D eigenvalue weighted by Gasteiger charge is 2.34. The van der Waals surface area contributed by atoms with Gasteiger partial charge >= 0.3 is 0 Å². The number of primary amides is 1. The molecule has 1 fully saturated rings. The van der Waals surface area contributed by atoms with Crippen LogP contribution in [0.1, 0.15) is 19.0 Å². The van der Waals surface area contributed by atoms with Crippen LogP contribution in [0.25, 0.3) is 0 Å². The molecule has 1 aromatic heterocycles. The molecule has 156 valence electrons. The van der Waals surface area contributed by atoms with Crippen LogP contribution in [0, 0.1) is 5.82 Å². The fraction of sp³-hybridized carbons (Fsp3) is 0.389. The van der Waals surface area contributed by atoms with Crippen LogP contribution in [0.2, 0.25) is 0 Å². The minimum atomic E-state index is -3.76. The first-order valence-corrected chi connectivity index (χ1v) is 10.4. The van der Waals surface area contributed by atoms with Crippen LogP contribution >= 0.6 is 0 Å². The van der Waals surface area contributed by atoms with Crippen molar-refractivity contribution in [3.05, 3.63) is 42.1 Å². The fourth-order valence-corrected chi connectivity index (χ4v) is 4.38. The van der Waals surface area contributed by atoms with Gasteiger partial charge in [-0.1, -0.05) is 6.92 Å². The van der Waals surface area contributed by atoms with Crippen molar-refractivity contribution in [1.29, 1.82) is 0 Å². The van der Waals surface area contributed by atoms with Gasteiger partial charge in [-0.15, -0.1) is 0 Å². The predicted octanol–water partition coefficient (Wildman–Crippen LogP) is 0.884. The maximum absolute atomic E-state index is 14.3. The number of halogens is 1. The number of benzene rings is 1. The van der Waals surface area contributed by atoms with Crippen LogP contribution in [-0.4, -0.2) is 54.4 Å². The van der Waals surface area contributed by atoms with E-state index >= 15 is 0 Å². The number of nitrogens with two attached hydrogens (primary N) is 1. The van der Waals surface area contributed by atoms with Crippen LogP contribution in [0.4, 0.5) is 4.39 Å². The van der Waals surface area contributed by atoms with Crippen molar-refractivity contribution in [2.45, 2.75) is 30.8 Å². The van der Waals surface area contributed by atoms with Gasteiger partial charge in [0.25, 0.3) is 11.8 Å². The molecule has 2 aromatic rings. The van der Waals surface area contributed by atoms with Crippen molar-refractivity contribution < 1.29 is 27.1 Å². The lowest BCUT2D eigenvalue weighted by molar-refractivity contribution is -0.119. The molecule has 0 radical (unpaired) electrons. The number of carbonyl (C=O) groups is 1. The number of sulfonamides is 1. The summed E-state index contributed by atoms with van der Waals surface area (Å²) in [4.78, 5) is 18.5. The zero-order valence-electron chi connectivity index (χ0n) is 15.7. The molecule has 0 bridgehead atoms. The van der Waals surface area contributed by atoms with E-state index in [1.165, 1.54) is 34.9 Å². The highest BCUT2D eigenvalue weighted by molar-refractivity contribution is 7.89. The molecule has 2 heterocycles. The summed E-state index contributed by atoms with van der Waals surface area (Å²) in [6.07, 6.45) is 1.51. The zero-order valence-corrected chi connectivity index (χ0v) is 16.6. The molecule has 1 aliphatic heterocycles. The smallest absolute Gasteiger partial charge is 0.255 e. The Labute approximate surface area is 167 Å². The summed E-state index contributed by atoms with van der Waals surface area (Å²) < 4.78 is 51.9. The monoisotopic (exact) mass is 424 g/mol. The number of hydrogen-bond acceptors (Lipinski definition) is 7. The second-order valence-electron chi connectivity index (χ2n) is 6.41. The van der Waals surface area contributed by atoms with E-state index in [1.54, 1.807) is 6.92 Å². The van der Waals surface area contributed by atoms with Crippen molar-refractivity contribution in [3.63, 3.8) is 0 Å². The number of amides is 1. The minimum absolute atomic E-state index is 0.0751. The standard InChI is InChI=1S/C18H21FN4O5S/c1-2-15-17(19)18(22-11-21-15)28-13-7-8-23(9-13)29(25,26)14-5-3-12(4-6-14)27-10-16(20)24/h3-6,11,13H,2,7-10H2,1H3,(H2,20,24)/t13-/m0/s1. The van der Waals surface area contributed by atoms with Crippen molar-refractivity contribution in [2.75, 3.05) is 19.7 Å². The van der Waals surface area contributed by atoms with Crippen LogP contribution in [0.15, 0.2) is 35.5 Å². The van der Waals surface area contributed by atoms with E-state index in [1.807, 2.05) is 0 Å². The number of aryl methyl sites for hydroxylation is 1. The van der Waals surface area contributed by atoms with Crippen molar-refractivity contribution in [2.24, 2.45) is 5.73 Å². The van der Waals surface area contributed by atoms with Crippen molar-refractivity contribution >= 4 is 15.9 Å². The Hall–Kier alpha value is -2.79. The van der Waals surface area contributed by atoms with Crippen LogP contribution in [0.5, 0.6) is 11.6 Å². The van der Waals surface area contributed by atoms with Gasteiger partial charge in [0.1, 0.15) is 18.2 Å². The molecule has 0 spiro atoms. The zero-order chi connectivity index (χ0) is 21.0. The molecule has 3 rings (SSSR count). The van der Waals surface area contributed by atoms with E-state index in [2.05, 4.69) is 9.97 Å². The summed E-state index contributed by atoms with van der Waals surface area (Å²) in [5, 5.41) is 0. The maximum atomic E-state index is 14.3. The Bertz CT molecular complexity index is 984. The number of aromatic nitrogens is 2. The molecule has 0 aliphatic carbocycles. The molecule has 0 saturated carbocycles. The van der Waals surface area contributed by atoms with Crippen LogP contribution in [-0.2, 0) is 21.2 Å². The third kappa shape index (κ3) is 4.80. The van der Waals surface area contributed by atoms with Gasteiger partial charge in [0.15, 0.2) is 6.61 Å². The van der Waals surface area contributed by atoms with Crippen molar-refractivity contribution in [3.8, 4) is 11.6 Å². The topological polar surface area (TPSA) is 125 Å². The highest BCUT2D eigenvalue weighted by atomic mass is 32.2. The maximum Gasteiger partial charge on any atom is 0.255 e. The fourth-order valence-electron chi connectivity index (χ4n) is 2.90. The normalized spacial score (nSPS) is 17.2. The first kappa shape index (κ1) is 20.9. The Morgan fingerprint density at radius 1 is 1.31 bits per heavy atom. The van der Waals surface area contributed by atoms with Gasteiger partial charge in [0.2, 0.25) is 15.8 Å². The molecule has 9 nitrogen and oxygen atoms in total. The molecule has 11 heteroatoms. The Morgan fingerprint density at radius 2 is 2.03 bits per heavy atom. The van der Waals surface area contributed by atoms with Crippen LogP contribution in [0.3, 0.4) is 0 Å². The molecule has 1 saturated heterocycles. The minimum Gasteiger partial charge on any atom is -0.484 e. The van der Waals surface area contributed by atoms with Gasteiger partial charge < -0.3 is 15.2 Å². The number of carbonyl (C=O) groups excluding carboxylic acids is 1. The van der Waals surface area contributed by atoms with E-state index in [9.17, 15) is 17.6 Å². The molecule has 29 heavy (non-hydrogen) atoms. The Kier molecular flexibility index (Phi) is 6.28. The van der Waals surface area contributed by atoms with Gasteiger partial charge in [-0.25, -0.2) is 13.4 Å². The first-order valence-electron chi connectivity index (χ1n) is 8.98. The summed E-state index contributed by atoms with van der Waals surface area (Å²) in [5.74, 6) is -1.09. The van der Waals surface area contributed by atoms with Gasteiger partial charge in [-0.2, -0.15) is 13.7 Å². The van der Waals surface area contributed by atoms with Crippen LogP contribution < -0.4 is 15.2 Å². The van der Waals surface area contributed by atoms with E-state index in [0.29, 0.717) is 18.6 Å².